The zero-order valence-electron chi connectivity index (χ0n) is 7.33. The Morgan fingerprint density at radius 2 is 2.08 bits per heavy atom. The number of hydrogen-bond donors (Lipinski definition) is 1. The summed E-state index contributed by atoms with van der Waals surface area (Å²) in [6.07, 6.45) is 10.2. The third kappa shape index (κ3) is 3.56. The van der Waals surface area contributed by atoms with Gasteiger partial charge in [0, 0.05) is 6.42 Å². The van der Waals surface area contributed by atoms with Gasteiger partial charge in [-0.25, -0.2) is 0 Å². The van der Waals surface area contributed by atoms with Crippen LogP contribution in [0.5, 0.6) is 0 Å². The quantitative estimate of drug-likeness (QED) is 0.643. The van der Waals surface area contributed by atoms with Gasteiger partial charge >= 0.3 is 5.97 Å². The van der Waals surface area contributed by atoms with Crippen LogP contribution in [0.4, 0.5) is 0 Å². The Morgan fingerprint density at radius 1 is 1.33 bits per heavy atom. The molecule has 0 aromatic heterocycles. The van der Waals surface area contributed by atoms with E-state index in [1.165, 1.54) is 0 Å². The average Bonchev–Trinajstić information content (AvgIpc) is 1.93. The number of carbonyl (C=O) groups is 1. The molecule has 1 unspecified atom stereocenters. The molecule has 0 radical (unpaired) electrons. The van der Waals surface area contributed by atoms with Crippen LogP contribution in [0.15, 0.2) is 12.2 Å². The molecule has 0 saturated carbocycles. The molecule has 2 heteroatoms. The minimum Gasteiger partial charge on any atom is -0.481 e. The molecule has 0 spiro atoms. The van der Waals surface area contributed by atoms with Crippen molar-refractivity contribution < 1.29 is 9.90 Å². The predicted molar refractivity (Wildman–Crippen MR) is 48.0 cm³/mol. The van der Waals surface area contributed by atoms with Gasteiger partial charge in [-0.05, 0) is 38.0 Å². The molecule has 0 amide bonds. The Bertz CT molecular complexity index is 173. The third-order valence-electron chi connectivity index (χ3n) is 2.35. The van der Waals surface area contributed by atoms with Gasteiger partial charge in [0.1, 0.15) is 0 Å². The van der Waals surface area contributed by atoms with E-state index in [2.05, 4.69) is 12.2 Å². The smallest absolute Gasteiger partial charge is 0.303 e. The molecule has 1 N–H and O–H groups in total. The summed E-state index contributed by atoms with van der Waals surface area (Å²) in [4.78, 5) is 10.4. The van der Waals surface area contributed by atoms with E-state index in [-0.39, 0.29) is 0 Å². The zero-order valence-corrected chi connectivity index (χ0v) is 7.33. The van der Waals surface area contributed by atoms with Crippen molar-refractivity contribution >= 4 is 5.97 Å². The highest BCUT2D eigenvalue weighted by molar-refractivity contribution is 5.66. The summed E-state index contributed by atoms with van der Waals surface area (Å²) in [6.45, 7) is 0. The molecule has 0 heterocycles. The molecule has 0 bridgehead atoms. The number of hydrogen-bond acceptors (Lipinski definition) is 1. The zero-order chi connectivity index (χ0) is 8.81. The first-order chi connectivity index (χ1) is 5.79. The lowest BCUT2D eigenvalue weighted by Gasteiger charge is -2.14. The first kappa shape index (κ1) is 9.30. The molecule has 0 aromatic carbocycles. The fraction of sp³-hybridized carbons (Fsp3) is 0.700. The van der Waals surface area contributed by atoms with Crippen molar-refractivity contribution in [2.75, 3.05) is 0 Å². The summed E-state index contributed by atoms with van der Waals surface area (Å²) in [5.41, 5.74) is 0. The van der Waals surface area contributed by atoms with Crippen LogP contribution in [-0.4, -0.2) is 11.1 Å². The number of aliphatic carboxylic acids is 1. The third-order valence-corrected chi connectivity index (χ3v) is 2.35. The standard InChI is InChI=1S/C10H16O2/c11-10(12)8-9-6-4-2-1-3-5-7-9/h1-2,9H,3-8H2,(H,11,12)/b2-1+. The Morgan fingerprint density at radius 3 is 2.83 bits per heavy atom. The molecule has 1 aliphatic rings. The second-order valence-corrected chi connectivity index (χ2v) is 3.44. The van der Waals surface area contributed by atoms with Gasteiger partial charge in [-0.1, -0.05) is 12.2 Å². The lowest BCUT2D eigenvalue weighted by molar-refractivity contribution is -0.138. The first-order valence-corrected chi connectivity index (χ1v) is 4.66. The molecule has 1 rings (SSSR count). The van der Waals surface area contributed by atoms with Crippen molar-refractivity contribution in [1.29, 1.82) is 0 Å². The van der Waals surface area contributed by atoms with Crippen LogP contribution in [0.25, 0.3) is 0 Å². The van der Waals surface area contributed by atoms with Crippen LogP contribution in [0.1, 0.15) is 38.5 Å². The number of carboxylic acids is 1. The Balaban J connectivity index is 2.32. The van der Waals surface area contributed by atoms with Gasteiger partial charge in [0.15, 0.2) is 0 Å². The van der Waals surface area contributed by atoms with E-state index >= 15 is 0 Å². The molecule has 12 heavy (non-hydrogen) atoms. The normalized spacial score (nSPS) is 27.2. The number of rotatable bonds is 2. The maximum atomic E-state index is 10.4. The summed E-state index contributed by atoms with van der Waals surface area (Å²) in [6, 6.07) is 0. The second kappa shape index (κ2) is 4.96. The topological polar surface area (TPSA) is 37.3 Å². The largest absolute Gasteiger partial charge is 0.481 e. The van der Waals surface area contributed by atoms with Crippen LogP contribution in [-0.2, 0) is 4.79 Å². The summed E-state index contributed by atoms with van der Waals surface area (Å²) < 4.78 is 0. The van der Waals surface area contributed by atoms with Crippen LogP contribution in [0.2, 0.25) is 0 Å². The fourth-order valence-electron chi connectivity index (χ4n) is 1.69. The van der Waals surface area contributed by atoms with Gasteiger partial charge in [-0.3, -0.25) is 4.79 Å². The lowest BCUT2D eigenvalue weighted by atomic mass is 9.91. The highest BCUT2D eigenvalue weighted by Crippen LogP contribution is 2.21. The van der Waals surface area contributed by atoms with Crippen molar-refractivity contribution in [3.8, 4) is 0 Å². The monoisotopic (exact) mass is 168 g/mol. The molecule has 1 atom stereocenters. The summed E-state index contributed by atoms with van der Waals surface area (Å²) >= 11 is 0. The predicted octanol–water partition coefficient (Wildman–Crippen LogP) is 2.60. The molecule has 2 nitrogen and oxygen atoms in total. The molecule has 0 aliphatic heterocycles. The Labute approximate surface area is 73.3 Å². The average molecular weight is 168 g/mol. The van der Waals surface area contributed by atoms with Crippen LogP contribution in [0, 0.1) is 5.92 Å². The molecule has 0 saturated heterocycles. The van der Waals surface area contributed by atoms with Gasteiger partial charge in [-0.15, -0.1) is 0 Å². The van der Waals surface area contributed by atoms with Crippen molar-refractivity contribution in [3.05, 3.63) is 12.2 Å². The molecule has 68 valence electrons. The maximum Gasteiger partial charge on any atom is 0.303 e. The lowest BCUT2D eigenvalue weighted by Crippen LogP contribution is -2.08. The minimum absolute atomic E-state index is 0.355. The number of carboxylic acid groups (broad SMARTS) is 1. The van der Waals surface area contributed by atoms with Crippen LogP contribution >= 0.6 is 0 Å². The van der Waals surface area contributed by atoms with Crippen molar-refractivity contribution in [2.45, 2.75) is 38.5 Å². The van der Waals surface area contributed by atoms with Crippen molar-refractivity contribution in [3.63, 3.8) is 0 Å². The van der Waals surface area contributed by atoms with E-state index in [0.717, 1.165) is 32.1 Å². The SMILES string of the molecule is O=C(O)CC1CC/C=C/CCC1. The summed E-state index contributed by atoms with van der Waals surface area (Å²) in [7, 11) is 0. The van der Waals surface area contributed by atoms with Crippen LogP contribution < -0.4 is 0 Å². The van der Waals surface area contributed by atoms with Gasteiger partial charge in [0.2, 0.25) is 0 Å². The van der Waals surface area contributed by atoms with Crippen molar-refractivity contribution in [1.82, 2.24) is 0 Å². The highest BCUT2D eigenvalue weighted by atomic mass is 16.4. The molecule has 1 aliphatic carbocycles. The van der Waals surface area contributed by atoms with Crippen LogP contribution in [0.3, 0.4) is 0 Å². The van der Waals surface area contributed by atoms with E-state index in [4.69, 9.17) is 5.11 Å². The first-order valence-electron chi connectivity index (χ1n) is 4.66. The minimum atomic E-state index is -0.649. The molecular formula is C10H16O2. The van der Waals surface area contributed by atoms with Gasteiger partial charge in [-0.2, -0.15) is 0 Å². The number of allylic oxidation sites excluding steroid dienone is 2. The van der Waals surface area contributed by atoms with E-state index in [1.807, 2.05) is 0 Å². The summed E-state index contributed by atoms with van der Waals surface area (Å²) in [5, 5.41) is 8.61. The van der Waals surface area contributed by atoms with Gasteiger partial charge in [0.25, 0.3) is 0 Å². The van der Waals surface area contributed by atoms with Gasteiger partial charge < -0.3 is 5.11 Å². The van der Waals surface area contributed by atoms with E-state index in [0.29, 0.717) is 12.3 Å². The maximum absolute atomic E-state index is 10.4. The fourth-order valence-corrected chi connectivity index (χ4v) is 1.69. The molecule has 0 fully saturated rings. The van der Waals surface area contributed by atoms with Crippen molar-refractivity contribution in [2.24, 2.45) is 5.92 Å². The summed E-state index contributed by atoms with van der Waals surface area (Å²) in [5.74, 6) is -0.239. The Kier molecular flexibility index (Phi) is 3.85. The van der Waals surface area contributed by atoms with E-state index < -0.39 is 5.97 Å². The van der Waals surface area contributed by atoms with E-state index in [9.17, 15) is 4.79 Å². The molecule has 0 aromatic rings. The highest BCUT2D eigenvalue weighted by Gasteiger charge is 2.12. The Hall–Kier alpha value is -0.790. The second-order valence-electron chi connectivity index (χ2n) is 3.44. The van der Waals surface area contributed by atoms with E-state index in [1.54, 1.807) is 0 Å². The molecular weight excluding hydrogens is 152 g/mol. The van der Waals surface area contributed by atoms with Gasteiger partial charge in [0.05, 0.1) is 0 Å².